The summed E-state index contributed by atoms with van der Waals surface area (Å²) in [6, 6.07) is 10.1. The number of carbonyl (C=O) groups excluding carboxylic acids is 1. The first-order chi connectivity index (χ1) is 12.9. The molecule has 1 aromatic heterocycles. The number of hydrogen-bond donors (Lipinski definition) is 1. The number of sulfonamides is 1. The Morgan fingerprint density at radius 2 is 1.85 bits per heavy atom. The van der Waals surface area contributed by atoms with Crippen LogP contribution in [-0.2, 0) is 21.2 Å². The van der Waals surface area contributed by atoms with Gasteiger partial charge in [-0.2, -0.15) is 4.31 Å². The summed E-state index contributed by atoms with van der Waals surface area (Å²) in [4.78, 5) is 13.6. The normalized spacial score (nSPS) is 21.1. The molecule has 0 aliphatic carbocycles. The molecule has 0 saturated carbocycles. The molecule has 27 heavy (non-hydrogen) atoms. The van der Waals surface area contributed by atoms with E-state index < -0.39 is 10.0 Å². The van der Waals surface area contributed by atoms with Crippen LogP contribution in [0.15, 0.2) is 46.7 Å². The molecule has 8 heteroatoms. The first-order valence-electron chi connectivity index (χ1n) is 8.92. The third-order valence-corrected chi connectivity index (χ3v) is 7.16. The minimum absolute atomic E-state index is 0.142. The van der Waals surface area contributed by atoms with Gasteiger partial charge in [-0.25, -0.2) is 8.42 Å². The van der Waals surface area contributed by atoms with E-state index in [2.05, 4.69) is 5.32 Å². The lowest BCUT2D eigenvalue weighted by atomic mass is 10.2. The first-order valence-corrected chi connectivity index (χ1v) is 11.2. The van der Waals surface area contributed by atoms with Gasteiger partial charge in [0.25, 0.3) is 5.91 Å². The van der Waals surface area contributed by atoms with Crippen LogP contribution < -0.4 is 5.32 Å². The average Bonchev–Trinajstić information content (AvgIpc) is 3.14. The van der Waals surface area contributed by atoms with Crippen molar-refractivity contribution in [3.05, 3.63) is 52.2 Å². The smallest absolute Gasteiger partial charge is 0.251 e. The third kappa shape index (κ3) is 4.95. The number of rotatable bonds is 6. The van der Waals surface area contributed by atoms with Crippen LogP contribution in [0.3, 0.4) is 0 Å². The van der Waals surface area contributed by atoms with Crippen molar-refractivity contribution < 1.29 is 17.9 Å². The highest BCUT2D eigenvalue weighted by Gasteiger charge is 2.32. The lowest BCUT2D eigenvalue weighted by molar-refractivity contribution is -0.0440. The van der Waals surface area contributed by atoms with Gasteiger partial charge in [0.2, 0.25) is 10.0 Å². The molecule has 1 N–H and O–H groups in total. The summed E-state index contributed by atoms with van der Waals surface area (Å²) < 4.78 is 32.7. The van der Waals surface area contributed by atoms with Crippen LogP contribution in [0, 0.1) is 0 Å². The van der Waals surface area contributed by atoms with E-state index in [-0.39, 0.29) is 23.0 Å². The van der Waals surface area contributed by atoms with Gasteiger partial charge in [0.05, 0.1) is 17.1 Å². The molecule has 3 rings (SSSR count). The Morgan fingerprint density at radius 1 is 1.19 bits per heavy atom. The summed E-state index contributed by atoms with van der Waals surface area (Å²) in [5.41, 5.74) is 0.448. The molecule has 0 unspecified atom stereocenters. The molecule has 1 aliphatic rings. The van der Waals surface area contributed by atoms with Crippen LogP contribution in [0.5, 0.6) is 0 Å². The van der Waals surface area contributed by atoms with Crippen LogP contribution in [0.25, 0.3) is 0 Å². The summed E-state index contributed by atoms with van der Waals surface area (Å²) in [5, 5.41) is 4.87. The van der Waals surface area contributed by atoms with Crippen LogP contribution in [0.2, 0.25) is 0 Å². The van der Waals surface area contributed by atoms with Crippen molar-refractivity contribution in [3.8, 4) is 0 Å². The topological polar surface area (TPSA) is 75.7 Å². The summed E-state index contributed by atoms with van der Waals surface area (Å²) in [7, 11) is -3.59. The molecule has 146 valence electrons. The SMILES string of the molecule is C[C@@H]1CN(S(=O)(=O)c2ccc(C(=O)NCCc3cccs3)cc2)C[C@@H](C)O1. The minimum atomic E-state index is -3.59. The molecule has 1 aromatic carbocycles. The van der Waals surface area contributed by atoms with Gasteiger partial charge in [-0.3, -0.25) is 4.79 Å². The van der Waals surface area contributed by atoms with Crippen molar-refractivity contribution in [3.63, 3.8) is 0 Å². The second kappa shape index (κ2) is 8.52. The highest BCUT2D eigenvalue weighted by molar-refractivity contribution is 7.89. The molecular formula is C19H24N2O4S2. The van der Waals surface area contributed by atoms with E-state index in [9.17, 15) is 13.2 Å². The van der Waals surface area contributed by atoms with Crippen molar-refractivity contribution in [2.24, 2.45) is 0 Å². The van der Waals surface area contributed by atoms with Gasteiger partial charge in [-0.05, 0) is 56.0 Å². The van der Waals surface area contributed by atoms with Gasteiger partial charge in [0.1, 0.15) is 0 Å². The number of ether oxygens (including phenoxy) is 1. The van der Waals surface area contributed by atoms with Crippen molar-refractivity contribution in [2.45, 2.75) is 37.4 Å². The number of morpholine rings is 1. The molecule has 0 spiro atoms. The standard InChI is InChI=1S/C19H24N2O4S2/c1-14-12-21(13-15(2)25-14)27(23,24)18-7-5-16(6-8-18)19(22)20-10-9-17-4-3-11-26-17/h3-8,11,14-15H,9-10,12-13H2,1-2H3,(H,20,22)/t14-,15-/m1/s1. The summed E-state index contributed by atoms with van der Waals surface area (Å²) in [6.45, 7) is 4.93. The molecule has 1 fully saturated rings. The van der Waals surface area contributed by atoms with E-state index in [1.165, 1.54) is 21.3 Å². The predicted octanol–water partition coefficient (Wildman–Crippen LogP) is 2.52. The molecule has 6 nitrogen and oxygen atoms in total. The Morgan fingerprint density at radius 3 is 2.44 bits per heavy atom. The number of amides is 1. The van der Waals surface area contributed by atoms with Crippen LogP contribution in [-0.4, -0.2) is 50.5 Å². The van der Waals surface area contributed by atoms with E-state index >= 15 is 0 Å². The zero-order valence-electron chi connectivity index (χ0n) is 15.4. The van der Waals surface area contributed by atoms with E-state index in [4.69, 9.17) is 4.74 Å². The lowest BCUT2D eigenvalue weighted by Crippen LogP contribution is -2.48. The van der Waals surface area contributed by atoms with E-state index in [1.807, 2.05) is 31.4 Å². The minimum Gasteiger partial charge on any atom is -0.373 e. The highest BCUT2D eigenvalue weighted by atomic mass is 32.2. The Kier molecular flexibility index (Phi) is 6.31. The van der Waals surface area contributed by atoms with Crippen molar-refractivity contribution >= 4 is 27.3 Å². The van der Waals surface area contributed by atoms with Crippen molar-refractivity contribution in [1.29, 1.82) is 0 Å². The van der Waals surface area contributed by atoms with Crippen LogP contribution in [0.4, 0.5) is 0 Å². The van der Waals surface area contributed by atoms with Gasteiger partial charge in [0, 0.05) is 30.1 Å². The first kappa shape index (κ1) is 20.0. The average molecular weight is 409 g/mol. The van der Waals surface area contributed by atoms with Gasteiger partial charge in [-0.15, -0.1) is 11.3 Å². The fraction of sp³-hybridized carbons (Fsp3) is 0.421. The molecule has 2 heterocycles. The Hall–Kier alpha value is -1.74. The van der Waals surface area contributed by atoms with Gasteiger partial charge in [-0.1, -0.05) is 6.07 Å². The molecule has 1 aliphatic heterocycles. The summed E-state index contributed by atoms with van der Waals surface area (Å²) >= 11 is 1.66. The molecule has 2 atom stereocenters. The number of carbonyl (C=O) groups is 1. The van der Waals surface area contributed by atoms with Gasteiger partial charge >= 0.3 is 0 Å². The zero-order chi connectivity index (χ0) is 19.4. The predicted molar refractivity (Wildman–Crippen MR) is 106 cm³/mol. The fourth-order valence-corrected chi connectivity index (χ4v) is 5.41. The van der Waals surface area contributed by atoms with E-state index in [0.29, 0.717) is 25.2 Å². The molecule has 0 bridgehead atoms. The Labute approximate surface area is 164 Å². The number of benzene rings is 1. The Bertz CT molecular complexity index is 854. The monoisotopic (exact) mass is 408 g/mol. The van der Waals surface area contributed by atoms with Crippen LogP contribution in [0.1, 0.15) is 29.1 Å². The third-order valence-electron chi connectivity index (χ3n) is 4.38. The van der Waals surface area contributed by atoms with Crippen LogP contribution >= 0.6 is 11.3 Å². The largest absolute Gasteiger partial charge is 0.373 e. The highest BCUT2D eigenvalue weighted by Crippen LogP contribution is 2.21. The summed E-state index contributed by atoms with van der Waals surface area (Å²) in [5.74, 6) is -0.205. The maximum atomic E-state index is 12.8. The molecule has 2 aromatic rings. The number of nitrogens with zero attached hydrogens (tertiary/aromatic N) is 1. The van der Waals surface area contributed by atoms with Gasteiger partial charge in [0.15, 0.2) is 0 Å². The van der Waals surface area contributed by atoms with E-state index in [0.717, 1.165) is 6.42 Å². The number of nitrogens with one attached hydrogen (secondary N) is 1. The number of hydrogen-bond acceptors (Lipinski definition) is 5. The van der Waals surface area contributed by atoms with Crippen molar-refractivity contribution in [1.82, 2.24) is 9.62 Å². The van der Waals surface area contributed by atoms with Gasteiger partial charge < -0.3 is 10.1 Å². The maximum Gasteiger partial charge on any atom is 0.251 e. The summed E-state index contributed by atoms with van der Waals surface area (Å²) in [6.07, 6.45) is 0.498. The second-order valence-corrected chi connectivity index (χ2v) is 9.66. The number of thiophene rings is 1. The molecular weight excluding hydrogens is 384 g/mol. The molecule has 1 amide bonds. The zero-order valence-corrected chi connectivity index (χ0v) is 17.1. The van der Waals surface area contributed by atoms with Crippen molar-refractivity contribution in [2.75, 3.05) is 19.6 Å². The fourth-order valence-electron chi connectivity index (χ4n) is 3.11. The lowest BCUT2D eigenvalue weighted by Gasteiger charge is -2.34. The molecule has 1 saturated heterocycles. The maximum absolute atomic E-state index is 12.8. The molecule has 0 radical (unpaired) electrons. The quantitative estimate of drug-likeness (QED) is 0.797. The van der Waals surface area contributed by atoms with E-state index in [1.54, 1.807) is 23.5 Å². The second-order valence-electron chi connectivity index (χ2n) is 6.69. The Balaban J connectivity index is 1.62.